The Labute approximate surface area is 83.0 Å². The molecule has 0 saturated carbocycles. The highest BCUT2D eigenvalue weighted by Gasteiger charge is 2.28. The Morgan fingerprint density at radius 1 is 1.57 bits per heavy atom. The van der Waals surface area contributed by atoms with E-state index in [9.17, 15) is 5.11 Å². The molecule has 0 unspecified atom stereocenters. The monoisotopic (exact) mass is 188 g/mol. The van der Waals surface area contributed by atoms with Gasteiger partial charge in [-0.1, -0.05) is 6.07 Å². The van der Waals surface area contributed by atoms with E-state index in [1.165, 1.54) is 0 Å². The number of rotatable bonds is 0. The Hall–Kier alpha value is -1.37. The van der Waals surface area contributed by atoms with Crippen LogP contribution in [0.5, 0.6) is 0 Å². The lowest BCUT2D eigenvalue weighted by molar-refractivity contribution is 0.0488. The van der Waals surface area contributed by atoms with Gasteiger partial charge in [0.05, 0.1) is 17.2 Å². The van der Waals surface area contributed by atoms with Crippen molar-refractivity contribution in [3.05, 3.63) is 34.9 Å². The van der Waals surface area contributed by atoms with E-state index in [1.54, 1.807) is 13.0 Å². The van der Waals surface area contributed by atoms with Crippen LogP contribution in [0, 0.1) is 11.3 Å². The zero-order chi connectivity index (χ0) is 10.2. The number of fused-ring (bicyclic) bond motifs is 1. The van der Waals surface area contributed by atoms with Gasteiger partial charge in [-0.15, -0.1) is 0 Å². The van der Waals surface area contributed by atoms with Crippen LogP contribution in [-0.4, -0.2) is 11.7 Å². The van der Waals surface area contributed by atoms with Gasteiger partial charge in [0.2, 0.25) is 0 Å². The van der Waals surface area contributed by atoms with E-state index in [-0.39, 0.29) is 0 Å². The fourth-order valence-corrected chi connectivity index (χ4v) is 1.87. The van der Waals surface area contributed by atoms with Gasteiger partial charge in [-0.05, 0) is 30.2 Å². The lowest BCUT2D eigenvalue weighted by Gasteiger charge is -2.31. The molecule has 1 aromatic rings. The van der Waals surface area contributed by atoms with Crippen LogP contribution < -0.4 is 5.32 Å². The largest absolute Gasteiger partial charge is 0.384 e. The second-order valence-electron chi connectivity index (χ2n) is 3.86. The molecule has 0 aromatic heterocycles. The summed E-state index contributed by atoms with van der Waals surface area (Å²) in [5, 5.41) is 21.9. The van der Waals surface area contributed by atoms with Crippen molar-refractivity contribution in [1.82, 2.24) is 5.32 Å². The van der Waals surface area contributed by atoms with Crippen LogP contribution in [0.3, 0.4) is 0 Å². The van der Waals surface area contributed by atoms with Crippen molar-refractivity contribution in [2.24, 2.45) is 0 Å². The molecule has 1 aliphatic rings. The Bertz CT molecular complexity index is 404. The normalized spacial score (nSPS) is 25.2. The first kappa shape index (κ1) is 9.20. The molecule has 72 valence electrons. The number of β-amino-alcohol motifs (C(OH)–C–C–N with tert-alkyl or cyclic N) is 1. The molecule has 14 heavy (non-hydrogen) atoms. The number of benzene rings is 1. The summed E-state index contributed by atoms with van der Waals surface area (Å²) >= 11 is 0. The van der Waals surface area contributed by atoms with E-state index in [0.717, 1.165) is 17.7 Å². The lowest BCUT2D eigenvalue weighted by atomic mass is 9.87. The summed E-state index contributed by atoms with van der Waals surface area (Å²) < 4.78 is 0. The summed E-state index contributed by atoms with van der Waals surface area (Å²) in [6, 6.07) is 7.51. The molecule has 3 heteroatoms. The summed E-state index contributed by atoms with van der Waals surface area (Å²) in [4.78, 5) is 0. The number of aliphatic hydroxyl groups is 1. The molecule has 0 amide bonds. The SMILES string of the molecule is C[C@]1(O)CNCc2cc(C#N)ccc21. The van der Waals surface area contributed by atoms with E-state index < -0.39 is 5.60 Å². The number of nitriles is 1. The molecule has 0 aliphatic carbocycles. The Balaban J connectivity index is 2.53. The summed E-state index contributed by atoms with van der Waals surface area (Å²) in [6.45, 7) is 3.07. The lowest BCUT2D eigenvalue weighted by Crippen LogP contribution is -2.40. The van der Waals surface area contributed by atoms with Crippen LogP contribution in [0.2, 0.25) is 0 Å². The van der Waals surface area contributed by atoms with E-state index in [0.29, 0.717) is 12.1 Å². The molecule has 1 aliphatic heterocycles. The molecule has 0 bridgehead atoms. The van der Waals surface area contributed by atoms with Crippen LogP contribution >= 0.6 is 0 Å². The van der Waals surface area contributed by atoms with Gasteiger partial charge in [0.25, 0.3) is 0 Å². The van der Waals surface area contributed by atoms with Crippen molar-refractivity contribution >= 4 is 0 Å². The fourth-order valence-electron chi connectivity index (χ4n) is 1.87. The Morgan fingerprint density at radius 3 is 3.07 bits per heavy atom. The molecule has 2 rings (SSSR count). The highest BCUT2D eigenvalue weighted by atomic mass is 16.3. The first-order valence-corrected chi connectivity index (χ1v) is 4.60. The standard InChI is InChI=1S/C11H12N2O/c1-11(14)7-13-6-9-4-8(5-12)2-3-10(9)11/h2-4,13-14H,6-7H2,1H3/t11-/m0/s1. The predicted octanol–water partition coefficient (Wildman–Crippen LogP) is 0.869. The highest BCUT2D eigenvalue weighted by Crippen LogP contribution is 2.27. The highest BCUT2D eigenvalue weighted by molar-refractivity contribution is 5.41. The zero-order valence-corrected chi connectivity index (χ0v) is 8.04. The average molecular weight is 188 g/mol. The smallest absolute Gasteiger partial charge is 0.0995 e. The van der Waals surface area contributed by atoms with Gasteiger partial charge in [-0.25, -0.2) is 0 Å². The van der Waals surface area contributed by atoms with Crippen molar-refractivity contribution in [3.8, 4) is 6.07 Å². The van der Waals surface area contributed by atoms with E-state index in [1.807, 2.05) is 12.1 Å². The molecule has 0 saturated heterocycles. The average Bonchev–Trinajstić information content (AvgIpc) is 2.16. The van der Waals surface area contributed by atoms with Crippen molar-refractivity contribution in [1.29, 1.82) is 5.26 Å². The van der Waals surface area contributed by atoms with Crippen LogP contribution in [-0.2, 0) is 12.1 Å². The van der Waals surface area contributed by atoms with Gasteiger partial charge < -0.3 is 10.4 Å². The second kappa shape index (κ2) is 3.09. The minimum absolute atomic E-state index is 0.561. The number of hydrogen-bond donors (Lipinski definition) is 2. The van der Waals surface area contributed by atoms with E-state index >= 15 is 0 Å². The summed E-state index contributed by atoms with van der Waals surface area (Å²) in [5.41, 5.74) is 1.76. The molecule has 1 heterocycles. The maximum absolute atomic E-state index is 10.0. The van der Waals surface area contributed by atoms with Gasteiger partial charge in [0.1, 0.15) is 0 Å². The number of nitrogens with one attached hydrogen (secondary N) is 1. The van der Waals surface area contributed by atoms with Gasteiger partial charge in [-0.3, -0.25) is 0 Å². The second-order valence-corrected chi connectivity index (χ2v) is 3.86. The maximum atomic E-state index is 10.0. The molecule has 1 atom stereocenters. The van der Waals surface area contributed by atoms with Gasteiger partial charge >= 0.3 is 0 Å². The summed E-state index contributed by atoms with van der Waals surface area (Å²) in [5.74, 6) is 0. The van der Waals surface area contributed by atoms with Crippen LogP contribution in [0.25, 0.3) is 0 Å². The van der Waals surface area contributed by atoms with Crippen molar-refractivity contribution in [2.45, 2.75) is 19.1 Å². The molecule has 3 nitrogen and oxygen atoms in total. The third-order valence-electron chi connectivity index (χ3n) is 2.60. The third-order valence-corrected chi connectivity index (χ3v) is 2.60. The van der Waals surface area contributed by atoms with Crippen LogP contribution in [0.15, 0.2) is 18.2 Å². The van der Waals surface area contributed by atoms with Crippen molar-refractivity contribution < 1.29 is 5.11 Å². The molecule has 0 spiro atoms. The minimum Gasteiger partial charge on any atom is -0.384 e. The molecular weight excluding hydrogens is 176 g/mol. The molecule has 1 aromatic carbocycles. The first-order chi connectivity index (χ1) is 6.63. The first-order valence-electron chi connectivity index (χ1n) is 4.60. The molecule has 0 radical (unpaired) electrons. The van der Waals surface area contributed by atoms with Crippen LogP contribution in [0.4, 0.5) is 0 Å². The Morgan fingerprint density at radius 2 is 2.36 bits per heavy atom. The minimum atomic E-state index is -0.818. The molecule has 2 N–H and O–H groups in total. The summed E-state index contributed by atoms with van der Waals surface area (Å²) in [7, 11) is 0. The van der Waals surface area contributed by atoms with E-state index in [4.69, 9.17) is 5.26 Å². The third kappa shape index (κ3) is 1.39. The number of nitrogens with zero attached hydrogens (tertiary/aromatic N) is 1. The quantitative estimate of drug-likeness (QED) is 0.635. The predicted molar refractivity (Wildman–Crippen MR) is 52.4 cm³/mol. The summed E-state index contributed by atoms with van der Waals surface area (Å²) in [6.07, 6.45) is 0. The molecule has 0 fully saturated rings. The molecular formula is C11H12N2O. The fraction of sp³-hybridized carbons (Fsp3) is 0.364. The Kier molecular flexibility index (Phi) is 2.03. The number of hydrogen-bond acceptors (Lipinski definition) is 3. The van der Waals surface area contributed by atoms with Gasteiger partial charge in [0, 0.05) is 13.1 Å². The van der Waals surface area contributed by atoms with Gasteiger partial charge in [-0.2, -0.15) is 5.26 Å². The van der Waals surface area contributed by atoms with Gasteiger partial charge in [0.15, 0.2) is 0 Å². The van der Waals surface area contributed by atoms with E-state index in [2.05, 4.69) is 11.4 Å². The van der Waals surface area contributed by atoms with Crippen molar-refractivity contribution in [3.63, 3.8) is 0 Å². The zero-order valence-electron chi connectivity index (χ0n) is 8.04. The van der Waals surface area contributed by atoms with Crippen LogP contribution in [0.1, 0.15) is 23.6 Å². The topological polar surface area (TPSA) is 56.0 Å². The van der Waals surface area contributed by atoms with Crippen molar-refractivity contribution in [2.75, 3.05) is 6.54 Å². The maximum Gasteiger partial charge on any atom is 0.0995 e.